The molecule has 0 aromatic heterocycles. The smallest absolute Gasteiger partial charge is 0.0419 e. The van der Waals surface area contributed by atoms with Crippen molar-refractivity contribution in [2.45, 2.75) is 6.04 Å². The minimum Gasteiger partial charge on any atom is -0.329 e. The minimum atomic E-state index is -0.0494. The third-order valence-electron chi connectivity index (χ3n) is 1.63. The van der Waals surface area contributed by atoms with E-state index in [0.29, 0.717) is 6.54 Å². The molecule has 0 aliphatic carbocycles. The molecule has 0 unspecified atom stereocenters. The summed E-state index contributed by atoms with van der Waals surface area (Å²) >= 11 is 5.68. The van der Waals surface area contributed by atoms with Gasteiger partial charge in [0.15, 0.2) is 0 Å². The standard InChI is InChI=1S/C8H10BrIN2/c9-6-2-1-5(3-7(6)10)8(12)4-11/h1-3,8H,4,11-12H2/t8-/m1/s1. The van der Waals surface area contributed by atoms with Gasteiger partial charge in [-0.05, 0) is 56.2 Å². The van der Waals surface area contributed by atoms with Crippen LogP contribution in [0.15, 0.2) is 22.7 Å². The van der Waals surface area contributed by atoms with E-state index in [4.69, 9.17) is 11.5 Å². The average Bonchev–Trinajstić information content (AvgIpc) is 2.08. The van der Waals surface area contributed by atoms with E-state index in [-0.39, 0.29) is 6.04 Å². The first kappa shape index (κ1) is 10.4. The third-order valence-corrected chi connectivity index (χ3v) is 3.95. The van der Waals surface area contributed by atoms with Gasteiger partial charge in [0.05, 0.1) is 0 Å². The number of rotatable bonds is 2. The summed E-state index contributed by atoms with van der Waals surface area (Å²) in [5, 5.41) is 0. The molecule has 12 heavy (non-hydrogen) atoms. The largest absolute Gasteiger partial charge is 0.329 e. The number of benzene rings is 1. The van der Waals surface area contributed by atoms with Crippen LogP contribution in [0.4, 0.5) is 0 Å². The molecule has 4 N–H and O–H groups in total. The van der Waals surface area contributed by atoms with Crippen LogP contribution < -0.4 is 11.5 Å². The Morgan fingerprint density at radius 2 is 2.17 bits per heavy atom. The Kier molecular flexibility index (Phi) is 3.95. The van der Waals surface area contributed by atoms with Crippen molar-refractivity contribution in [3.05, 3.63) is 31.8 Å². The van der Waals surface area contributed by atoms with E-state index in [0.717, 1.165) is 13.6 Å². The van der Waals surface area contributed by atoms with E-state index >= 15 is 0 Å². The second-order valence-corrected chi connectivity index (χ2v) is 4.53. The topological polar surface area (TPSA) is 52.0 Å². The summed E-state index contributed by atoms with van der Waals surface area (Å²) in [5.74, 6) is 0. The fourth-order valence-electron chi connectivity index (χ4n) is 0.879. The van der Waals surface area contributed by atoms with Crippen LogP contribution in [0.3, 0.4) is 0 Å². The van der Waals surface area contributed by atoms with E-state index in [1.54, 1.807) is 0 Å². The van der Waals surface area contributed by atoms with Crippen LogP contribution >= 0.6 is 38.5 Å². The zero-order valence-electron chi connectivity index (χ0n) is 6.43. The van der Waals surface area contributed by atoms with Gasteiger partial charge in [0, 0.05) is 20.6 Å². The van der Waals surface area contributed by atoms with Crippen LogP contribution in [0.5, 0.6) is 0 Å². The maximum absolute atomic E-state index is 5.77. The van der Waals surface area contributed by atoms with E-state index in [1.165, 1.54) is 0 Å². The number of hydrogen-bond acceptors (Lipinski definition) is 2. The van der Waals surface area contributed by atoms with E-state index < -0.39 is 0 Å². The first-order chi connectivity index (χ1) is 5.65. The average molecular weight is 341 g/mol. The SMILES string of the molecule is NC[C@@H](N)c1ccc(Br)c(I)c1. The van der Waals surface area contributed by atoms with Crippen molar-refractivity contribution in [1.29, 1.82) is 0 Å². The highest BCUT2D eigenvalue weighted by Crippen LogP contribution is 2.22. The molecule has 0 radical (unpaired) electrons. The van der Waals surface area contributed by atoms with Gasteiger partial charge in [-0.3, -0.25) is 0 Å². The first-order valence-corrected chi connectivity index (χ1v) is 5.43. The minimum absolute atomic E-state index is 0.0494. The summed E-state index contributed by atoms with van der Waals surface area (Å²) in [4.78, 5) is 0. The highest BCUT2D eigenvalue weighted by Gasteiger charge is 2.04. The van der Waals surface area contributed by atoms with Crippen molar-refractivity contribution in [2.75, 3.05) is 6.54 Å². The molecule has 0 saturated heterocycles. The lowest BCUT2D eigenvalue weighted by Crippen LogP contribution is -2.20. The summed E-state index contributed by atoms with van der Waals surface area (Å²) in [6.45, 7) is 0.484. The van der Waals surface area contributed by atoms with Crippen molar-refractivity contribution in [1.82, 2.24) is 0 Å². The second-order valence-electron chi connectivity index (χ2n) is 2.52. The zero-order valence-corrected chi connectivity index (χ0v) is 10.2. The van der Waals surface area contributed by atoms with E-state index in [2.05, 4.69) is 38.5 Å². The molecule has 66 valence electrons. The van der Waals surface area contributed by atoms with Crippen LogP contribution in [0, 0.1) is 3.57 Å². The Morgan fingerprint density at radius 3 is 2.67 bits per heavy atom. The van der Waals surface area contributed by atoms with Gasteiger partial charge in [0.2, 0.25) is 0 Å². The second kappa shape index (κ2) is 4.55. The molecule has 0 aliphatic rings. The lowest BCUT2D eigenvalue weighted by molar-refractivity contribution is 0.736. The highest BCUT2D eigenvalue weighted by molar-refractivity contribution is 14.1. The van der Waals surface area contributed by atoms with Gasteiger partial charge in [-0.2, -0.15) is 0 Å². The van der Waals surface area contributed by atoms with Crippen molar-refractivity contribution in [3.8, 4) is 0 Å². The summed E-state index contributed by atoms with van der Waals surface area (Å²) in [6.07, 6.45) is 0. The molecule has 4 heteroatoms. The Labute approximate surface area is 94.0 Å². The zero-order chi connectivity index (χ0) is 9.14. The fraction of sp³-hybridized carbons (Fsp3) is 0.250. The Balaban J connectivity index is 2.96. The van der Waals surface area contributed by atoms with Crippen LogP contribution in [0.2, 0.25) is 0 Å². The first-order valence-electron chi connectivity index (χ1n) is 3.55. The molecule has 0 amide bonds. The summed E-state index contributed by atoms with van der Waals surface area (Å²) in [5.41, 5.74) is 12.3. The molecule has 2 nitrogen and oxygen atoms in total. The summed E-state index contributed by atoms with van der Waals surface area (Å²) in [6, 6.07) is 5.98. The van der Waals surface area contributed by atoms with Crippen molar-refractivity contribution < 1.29 is 0 Å². The summed E-state index contributed by atoms with van der Waals surface area (Å²) in [7, 11) is 0. The predicted molar refractivity (Wildman–Crippen MR) is 62.8 cm³/mol. The number of hydrogen-bond donors (Lipinski definition) is 2. The van der Waals surface area contributed by atoms with Gasteiger partial charge < -0.3 is 11.5 Å². The number of halogens is 2. The summed E-state index contributed by atoms with van der Waals surface area (Å²) < 4.78 is 2.25. The van der Waals surface area contributed by atoms with Crippen molar-refractivity contribution in [2.24, 2.45) is 11.5 Å². The molecule has 0 fully saturated rings. The lowest BCUT2D eigenvalue weighted by Gasteiger charge is -2.09. The van der Waals surface area contributed by atoms with E-state index in [1.807, 2.05) is 18.2 Å². The molecular formula is C8H10BrIN2. The van der Waals surface area contributed by atoms with Crippen LogP contribution in [0.1, 0.15) is 11.6 Å². The Morgan fingerprint density at radius 1 is 1.50 bits per heavy atom. The normalized spacial score (nSPS) is 13.0. The molecule has 1 aromatic rings. The number of nitrogens with two attached hydrogens (primary N) is 2. The molecule has 0 spiro atoms. The maximum Gasteiger partial charge on any atom is 0.0419 e. The maximum atomic E-state index is 5.77. The highest BCUT2D eigenvalue weighted by atomic mass is 127. The van der Waals surface area contributed by atoms with Crippen molar-refractivity contribution in [3.63, 3.8) is 0 Å². The Bertz CT molecular complexity index is 278. The molecule has 1 rings (SSSR count). The van der Waals surface area contributed by atoms with Gasteiger partial charge >= 0.3 is 0 Å². The van der Waals surface area contributed by atoms with Crippen LogP contribution in [-0.4, -0.2) is 6.54 Å². The third kappa shape index (κ3) is 2.42. The van der Waals surface area contributed by atoms with Crippen LogP contribution in [0.25, 0.3) is 0 Å². The van der Waals surface area contributed by atoms with E-state index in [9.17, 15) is 0 Å². The molecule has 0 saturated carbocycles. The Hall–Kier alpha value is 0.350. The predicted octanol–water partition coefficient (Wildman–Crippen LogP) is 2.01. The molecule has 0 aliphatic heterocycles. The van der Waals surface area contributed by atoms with Gasteiger partial charge in [-0.25, -0.2) is 0 Å². The quantitative estimate of drug-likeness (QED) is 0.809. The monoisotopic (exact) mass is 340 g/mol. The van der Waals surface area contributed by atoms with Crippen LogP contribution in [-0.2, 0) is 0 Å². The lowest BCUT2D eigenvalue weighted by atomic mass is 10.1. The fourth-order valence-corrected chi connectivity index (χ4v) is 1.67. The van der Waals surface area contributed by atoms with Gasteiger partial charge in [0.1, 0.15) is 0 Å². The van der Waals surface area contributed by atoms with Gasteiger partial charge in [0.25, 0.3) is 0 Å². The van der Waals surface area contributed by atoms with Gasteiger partial charge in [-0.15, -0.1) is 0 Å². The van der Waals surface area contributed by atoms with Gasteiger partial charge in [-0.1, -0.05) is 6.07 Å². The molecular weight excluding hydrogens is 331 g/mol. The van der Waals surface area contributed by atoms with Crippen molar-refractivity contribution >= 4 is 38.5 Å². The molecule has 1 atom stereocenters. The molecule has 0 bridgehead atoms. The molecule has 0 heterocycles. The molecule has 1 aromatic carbocycles.